The molecule has 1 atom stereocenters. The molecule has 2 aromatic heterocycles. The van der Waals surface area contributed by atoms with Crippen molar-refractivity contribution in [2.75, 3.05) is 6.54 Å². The van der Waals surface area contributed by atoms with Crippen LogP contribution in [0.2, 0.25) is 0 Å². The second kappa shape index (κ2) is 5.83. The van der Waals surface area contributed by atoms with E-state index in [1.807, 2.05) is 27.7 Å². The van der Waals surface area contributed by atoms with Gasteiger partial charge >= 0.3 is 0 Å². The number of nitrogens with zero attached hydrogens (tertiary/aromatic N) is 1. The summed E-state index contributed by atoms with van der Waals surface area (Å²) in [5, 5.41) is 6.78. The van der Waals surface area contributed by atoms with Crippen molar-refractivity contribution in [2.24, 2.45) is 0 Å². The number of nitrogens with one attached hydrogen (secondary N) is 1. The Balaban J connectivity index is 2.00. The number of halogens is 1. The van der Waals surface area contributed by atoms with Gasteiger partial charge in [-0.2, -0.15) is 0 Å². The number of rotatable bonds is 4. The van der Waals surface area contributed by atoms with E-state index in [1.165, 1.54) is 0 Å². The average molecular weight is 341 g/mol. The summed E-state index contributed by atoms with van der Waals surface area (Å²) in [5.74, 6) is 1.00. The van der Waals surface area contributed by atoms with Crippen LogP contribution >= 0.6 is 15.9 Å². The summed E-state index contributed by atoms with van der Waals surface area (Å²) in [5.41, 5.74) is 2.80. The first-order valence-corrected chi connectivity index (χ1v) is 7.16. The molecule has 1 unspecified atom stereocenters. The fourth-order valence-electron chi connectivity index (χ4n) is 2.20. The third-order valence-corrected chi connectivity index (χ3v) is 4.02. The predicted octanol–water partition coefficient (Wildman–Crippen LogP) is 3.49. The Morgan fingerprint density at radius 3 is 2.65 bits per heavy atom. The maximum atomic E-state index is 12.0. The van der Waals surface area contributed by atoms with E-state index in [2.05, 4.69) is 26.4 Å². The fourth-order valence-corrected chi connectivity index (χ4v) is 2.49. The normalized spacial score (nSPS) is 12.4. The van der Waals surface area contributed by atoms with Crippen molar-refractivity contribution >= 4 is 21.8 Å². The van der Waals surface area contributed by atoms with E-state index in [0.717, 1.165) is 22.6 Å². The second-order valence-corrected chi connectivity index (χ2v) is 5.64. The van der Waals surface area contributed by atoms with Crippen molar-refractivity contribution < 1.29 is 13.7 Å². The lowest BCUT2D eigenvalue weighted by molar-refractivity contribution is 0.0922. The molecule has 6 heteroatoms. The quantitative estimate of drug-likeness (QED) is 0.924. The van der Waals surface area contributed by atoms with Crippen molar-refractivity contribution in [3.63, 3.8) is 0 Å². The minimum absolute atomic E-state index is 0.129. The van der Waals surface area contributed by atoms with Crippen molar-refractivity contribution in [1.29, 1.82) is 0 Å². The van der Waals surface area contributed by atoms with E-state index in [4.69, 9.17) is 8.94 Å². The van der Waals surface area contributed by atoms with Crippen LogP contribution in [0.25, 0.3) is 0 Å². The monoisotopic (exact) mass is 340 g/mol. The molecular formula is C14H17BrN2O3. The van der Waals surface area contributed by atoms with Gasteiger partial charge in [-0.3, -0.25) is 4.79 Å². The number of hydrogen-bond acceptors (Lipinski definition) is 4. The number of aryl methyl sites for hydroxylation is 3. The van der Waals surface area contributed by atoms with Gasteiger partial charge in [-0.25, -0.2) is 0 Å². The van der Waals surface area contributed by atoms with Gasteiger partial charge in [-0.15, -0.1) is 0 Å². The summed E-state index contributed by atoms with van der Waals surface area (Å²) < 4.78 is 11.0. The van der Waals surface area contributed by atoms with Crippen LogP contribution in [0.5, 0.6) is 0 Å². The molecule has 2 aromatic rings. The molecule has 0 radical (unpaired) electrons. The van der Waals surface area contributed by atoms with Gasteiger partial charge in [-0.1, -0.05) is 12.1 Å². The van der Waals surface area contributed by atoms with Crippen LogP contribution in [0, 0.1) is 20.8 Å². The van der Waals surface area contributed by atoms with Crippen LogP contribution in [-0.4, -0.2) is 17.6 Å². The molecule has 0 spiro atoms. The van der Waals surface area contributed by atoms with Crippen molar-refractivity contribution in [3.05, 3.63) is 39.1 Å². The molecule has 0 aliphatic rings. The first-order valence-electron chi connectivity index (χ1n) is 6.37. The van der Waals surface area contributed by atoms with Crippen LogP contribution < -0.4 is 5.32 Å². The fraction of sp³-hybridized carbons (Fsp3) is 0.429. The first kappa shape index (κ1) is 14.8. The summed E-state index contributed by atoms with van der Waals surface area (Å²) in [7, 11) is 0. The predicted molar refractivity (Wildman–Crippen MR) is 77.9 cm³/mol. The molecular weight excluding hydrogens is 324 g/mol. The number of amides is 1. The molecule has 5 nitrogen and oxygen atoms in total. The molecule has 0 aliphatic heterocycles. The van der Waals surface area contributed by atoms with E-state index >= 15 is 0 Å². The molecule has 0 saturated carbocycles. The summed E-state index contributed by atoms with van der Waals surface area (Å²) in [4.78, 5) is 12.0. The Morgan fingerprint density at radius 2 is 2.15 bits per heavy atom. The van der Waals surface area contributed by atoms with Crippen molar-refractivity contribution in [3.8, 4) is 0 Å². The smallest absolute Gasteiger partial charge is 0.287 e. The van der Waals surface area contributed by atoms with Gasteiger partial charge in [0, 0.05) is 23.6 Å². The van der Waals surface area contributed by atoms with Gasteiger partial charge in [0.25, 0.3) is 5.91 Å². The first-order chi connectivity index (χ1) is 9.40. The lowest BCUT2D eigenvalue weighted by atomic mass is 9.99. The highest BCUT2D eigenvalue weighted by molar-refractivity contribution is 9.10. The summed E-state index contributed by atoms with van der Waals surface area (Å²) in [6, 6.07) is 1.71. The zero-order valence-electron chi connectivity index (χ0n) is 11.9. The van der Waals surface area contributed by atoms with Crippen LogP contribution in [0.15, 0.2) is 19.7 Å². The number of carbonyl (C=O) groups excluding carboxylic acids is 1. The highest BCUT2D eigenvalue weighted by Crippen LogP contribution is 2.23. The van der Waals surface area contributed by atoms with Crippen LogP contribution in [0.1, 0.15) is 46.0 Å². The van der Waals surface area contributed by atoms with E-state index < -0.39 is 0 Å². The van der Waals surface area contributed by atoms with Crippen molar-refractivity contribution in [2.45, 2.75) is 33.6 Å². The van der Waals surface area contributed by atoms with Gasteiger partial charge < -0.3 is 14.3 Å². The minimum atomic E-state index is -0.225. The SMILES string of the molecule is Cc1cc(C(=O)NCC(C)c2c(C)noc2C)oc1Br. The molecule has 108 valence electrons. The lowest BCUT2D eigenvalue weighted by Crippen LogP contribution is -2.27. The Morgan fingerprint density at radius 1 is 1.45 bits per heavy atom. The Labute approximate surface area is 125 Å². The molecule has 0 aliphatic carbocycles. The molecule has 0 aromatic carbocycles. The van der Waals surface area contributed by atoms with Gasteiger partial charge in [0.15, 0.2) is 10.4 Å². The summed E-state index contributed by atoms with van der Waals surface area (Å²) in [6.45, 7) is 8.17. The number of hydrogen-bond donors (Lipinski definition) is 1. The zero-order chi connectivity index (χ0) is 14.9. The average Bonchev–Trinajstić information content (AvgIpc) is 2.90. The second-order valence-electron chi connectivity index (χ2n) is 4.92. The topological polar surface area (TPSA) is 68.3 Å². The third kappa shape index (κ3) is 2.95. The highest BCUT2D eigenvalue weighted by atomic mass is 79.9. The third-order valence-electron chi connectivity index (χ3n) is 3.23. The Bertz CT molecular complexity index is 591. The molecule has 1 amide bonds. The van der Waals surface area contributed by atoms with E-state index in [-0.39, 0.29) is 11.8 Å². The number of carbonyl (C=O) groups is 1. The summed E-state index contributed by atoms with van der Waals surface area (Å²) in [6.07, 6.45) is 0. The van der Waals surface area contributed by atoms with Gasteiger partial charge in [0.05, 0.1) is 5.69 Å². The minimum Gasteiger partial charge on any atom is -0.444 e. The summed E-state index contributed by atoms with van der Waals surface area (Å²) >= 11 is 3.25. The maximum Gasteiger partial charge on any atom is 0.287 e. The lowest BCUT2D eigenvalue weighted by Gasteiger charge is -2.11. The standard InChI is InChI=1S/C14H17BrN2O3/c1-7-5-11(19-13(7)15)14(18)16-6-8(2)12-9(3)17-20-10(12)4/h5,8H,6H2,1-4H3,(H,16,18). The van der Waals surface area contributed by atoms with Crippen molar-refractivity contribution in [1.82, 2.24) is 10.5 Å². The Hall–Kier alpha value is -1.56. The van der Waals surface area contributed by atoms with Crippen LogP contribution in [-0.2, 0) is 0 Å². The zero-order valence-corrected chi connectivity index (χ0v) is 13.5. The molecule has 2 heterocycles. The van der Waals surface area contributed by atoms with Gasteiger partial charge in [0.1, 0.15) is 5.76 Å². The highest BCUT2D eigenvalue weighted by Gasteiger charge is 2.19. The maximum absolute atomic E-state index is 12.0. The molecule has 2 rings (SSSR count). The number of furan rings is 1. The molecule has 0 fully saturated rings. The number of aromatic nitrogens is 1. The van der Waals surface area contributed by atoms with Crippen LogP contribution in [0.4, 0.5) is 0 Å². The molecule has 0 saturated heterocycles. The van der Waals surface area contributed by atoms with E-state index in [1.54, 1.807) is 6.07 Å². The molecule has 1 N–H and O–H groups in total. The van der Waals surface area contributed by atoms with Gasteiger partial charge in [0.2, 0.25) is 0 Å². The van der Waals surface area contributed by atoms with E-state index in [0.29, 0.717) is 17.0 Å². The molecule has 20 heavy (non-hydrogen) atoms. The van der Waals surface area contributed by atoms with Gasteiger partial charge in [-0.05, 0) is 42.8 Å². The van der Waals surface area contributed by atoms with Crippen LogP contribution in [0.3, 0.4) is 0 Å². The largest absolute Gasteiger partial charge is 0.444 e. The molecule has 0 bridgehead atoms. The van der Waals surface area contributed by atoms with E-state index in [9.17, 15) is 4.79 Å². The Kier molecular flexibility index (Phi) is 4.32.